The number of hydrogen-bond acceptors (Lipinski definition) is 6. The van der Waals surface area contributed by atoms with Gasteiger partial charge in [-0.2, -0.15) is 0 Å². The third-order valence-electron chi connectivity index (χ3n) is 3.50. The Morgan fingerprint density at radius 2 is 1.69 bits per heavy atom. The molecule has 0 unspecified atom stereocenters. The van der Waals surface area contributed by atoms with E-state index < -0.39 is 17.8 Å². The summed E-state index contributed by atoms with van der Waals surface area (Å²) in [5, 5.41) is 2.49. The summed E-state index contributed by atoms with van der Waals surface area (Å²) in [6, 6.07) is 13.1. The van der Waals surface area contributed by atoms with E-state index in [1.165, 1.54) is 14.2 Å². The van der Waals surface area contributed by atoms with Crippen LogP contribution in [-0.4, -0.2) is 38.6 Å². The van der Waals surface area contributed by atoms with Crippen molar-refractivity contribution in [3.63, 3.8) is 0 Å². The Labute approximate surface area is 150 Å². The van der Waals surface area contributed by atoms with Crippen LogP contribution in [0, 0.1) is 0 Å². The molecule has 0 aliphatic heterocycles. The molecule has 0 heterocycles. The number of amides is 1. The molecule has 0 spiro atoms. The van der Waals surface area contributed by atoms with E-state index in [1.807, 2.05) is 0 Å². The van der Waals surface area contributed by atoms with Crippen LogP contribution in [0.15, 0.2) is 48.5 Å². The van der Waals surface area contributed by atoms with Crippen LogP contribution in [-0.2, 0) is 20.9 Å². The Morgan fingerprint density at radius 1 is 0.962 bits per heavy atom. The Morgan fingerprint density at radius 3 is 2.35 bits per heavy atom. The van der Waals surface area contributed by atoms with Gasteiger partial charge in [0.25, 0.3) is 5.91 Å². The summed E-state index contributed by atoms with van der Waals surface area (Å²) in [6.45, 7) is -0.217. The summed E-state index contributed by atoms with van der Waals surface area (Å²) < 4.78 is 14.7. The van der Waals surface area contributed by atoms with Crippen molar-refractivity contribution in [2.45, 2.75) is 6.61 Å². The summed E-state index contributed by atoms with van der Waals surface area (Å²) in [4.78, 5) is 35.1. The molecule has 0 atom stereocenters. The molecule has 7 nitrogen and oxygen atoms in total. The Hall–Kier alpha value is -3.35. The Bertz CT molecular complexity index is 785. The first-order valence-electron chi connectivity index (χ1n) is 7.78. The van der Waals surface area contributed by atoms with Gasteiger partial charge in [0, 0.05) is 5.56 Å². The third-order valence-corrected chi connectivity index (χ3v) is 3.50. The maximum atomic E-state index is 12.0. The molecule has 0 aromatic heterocycles. The standard InChI is InChI=1S/C19H19NO6/c1-24-16-5-3-4-15(10-16)18(22)20-11-17(21)26-12-13-6-8-14(9-7-13)19(23)25-2/h3-10H,11-12H2,1-2H3,(H,20,22). The number of benzene rings is 2. The maximum absolute atomic E-state index is 12.0. The molecule has 0 aliphatic carbocycles. The van der Waals surface area contributed by atoms with Crippen LogP contribution in [0.2, 0.25) is 0 Å². The predicted octanol–water partition coefficient (Wildman–Crippen LogP) is 1.96. The lowest BCUT2D eigenvalue weighted by atomic mass is 10.1. The van der Waals surface area contributed by atoms with Crippen LogP contribution < -0.4 is 10.1 Å². The fourth-order valence-corrected chi connectivity index (χ4v) is 2.09. The van der Waals surface area contributed by atoms with Crippen molar-refractivity contribution in [3.8, 4) is 5.75 Å². The van der Waals surface area contributed by atoms with E-state index >= 15 is 0 Å². The Kier molecular flexibility index (Phi) is 6.73. The van der Waals surface area contributed by atoms with Crippen LogP contribution in [0.1, 0.15) is 26.3 Å². The van der Waals surface area contributed by atoms with Gasteiger partial charge in [0.05, 0.1) is 19.8 Å². The van der Waals surface area contributed by atoms with Gasteiger partial charge in [0.15, 0.2) is 0 Å². The van der Waals surface area contributed by atoms with Gasteiger partial charge >= 0.3 is 11.9 Å². The van der Waals surface area contributed by atoms with Crippen molar-refractivity contribution >= 4 is 17.8 Å². The first-order chi connectivity index (χ1) is 12.5. The van der Waals surface area contributed by atoms with Crippen molar-refractivity contribution in [2.24, 2.45) is 0 Å². The molecule has 1 amide bonds. The Balaban J connectivity index is 1.79. The van der Waals surface area contributed by atoms with E-state index in [2.05, 4.69) is 10.1 Å². The molecule has 0 saturated carbocycles. The number of carbonyl (C=O) groups excluding carboxylic acids is 3. The highest BCUT2D eigenvalue weighted by Gasteiger charge is 2.10. The van der Waals surface area contributed by atoms with Gasteiger partial charge in [-0.05, 0) is 35.9 Å². The zero-order chi connectivity index (χ0) is 18.9. The van der Waals surface area contributed by atoms with E-state index in [0.29, 0.717) is 22.4 Å². The highest BCUT2D eigenvalue weighted by molar-refractivity contribution is 5.96. The van der Waals surface area contributed by atoms with Gasteiger partial charge in [-0.1, -0.05) is 18.2 Å². The monoisotopic (exact) mass is 357 g/mol. The normalized spacial score (nSPS) is 9.92. The number of esters is 2. The minimum Gasteiger partial charge on any atom is -0.497 e. The number of ether oxygens (including phenoxy) is 3. The molecule has 2 aromatic carbocycles. The maximum Gasteiger partial charge on any atom is 0.337 e. The molecule has 0 radical (unpaired) electrons. The van der Waals surface area contributed by atoms with Crippen molar-refractivity contribution in [3.05, 3.63) is 65.2 Å². The first-order valence-corrected chi connectivity index (χ1v) is 7.78. The number of nitrogens with one attached hydrogen (secondary N) is 1. The molecular weight excluding hydrogens is 338 g/mol. The van der Waals surface area contributed by atoms with Crippen molar-refractivity contribution < 1.29 is 28.6 Å². The van der Waals surface area contributed by atoms with Crippen molar-refractivity contribution in [2.75, 3.05) is 20.8 Å². The van der Waals surface area contributed by atoms with E-state index in [0.717, 1.165) is 0 Å². The molecule has 7 heteroatoms. The highest BCUT2D eigenvalue weighted by atomic mass is 16.5. The molecule has 2 rings (SSSR count). The molecule has 26 heavy (non-hydrogen) atoms. The summed E-state index contributed by atoms with van der Waals surface area (Å²) in [6.07, 6.45) is 0. The fourth-order valence-electron chi connectivity index (χ4n) is 2.09. The highest BCUT2D eigenvalue weighted by Crippen LogP contribution is 2.12. The van der Waals surface area contributed by atoms with Crippen LogP contribution in [0.4, 0.5) is 0 Å². The van der Waals surface area contributed by atoms with Crippen molar-refractivity contribution in [1.82, 2.24) is 5.32 Å². The van der Waals surface area contributed by atoms with Crippen LogP contribution in [0.5, 0.6) is 5.75 Å². The topological polar surface area (TPSA) is 90.9 Å². The summed E-state index contributed by atoms with van der Waals surface area (Å²) in [7, 11) is 2.81. The largest absolute Gasteiger partial charge is 0.497 e. The average molecular weight is 357 g/mol. The molecule has 2 aromatic rings. The summed E-state index contributed by atoms with van der Waals surface area (Å²) >= 11 is 0. The van der Waals surface area contributed by atoms with Gasteiger partial charge in [0.2, 0.25) is 0 Å². The van der Waals surface area contributed by atoms with Gasteiger partial charge in [-0.15, -0.1) is 0 Å². The molecule has 0 fully saturated rings. The van der Waals surface area contributed by atoms with Crippen LogP contribution in [0.25, 0.3) is 0 Å². The second kappa shape index (κ2) is 9.22. The van der Waals surface area contributed by atoms with Crippen LogP contribution >= 0.6 is 0 Å². The molecule has 136 valence electrons. The molecule has 1 N–H and O–H groups in total. The minimum absolute atomic E-state index is 0.0370. The zero-order valence-electron chi connectivity index (χ0n) is 14.5. The van der Waals surface area contributed by atoms with Gasteiger partial charge in [-0.25, -0.2) is 4.79 Å². The lowest BCUT2D eigenvalue weighted by molar-refractivity contribution is -0.143. The van der Waals surface area contributed by atoms with Gasteiger partial charge in [0.1, 0.15) is 18.9 Å². The average Bonchev–Trinajstić information content (AvgIpc) is 2.70. The minimum atomic E-state index is -0.571. The summed E-state index contributed by atoms with van der Waals surface area (Å²) in [5.74, 6) is -0.856. The fraction of sp³-hybridized carbons (Fsp3) is 0.211. The second-order valence-electron chi connectivity index (χ2n) is 5.26. The third kappa shape index (κ3) is 5.34. The van der Waals surface area contributed by atoms with E-state index in [4.69, 9.17) is 9.47 Å². The SMILES string of the molecule is COC(=O)c1ccc(COC(=O)CNC(=O)c2cccc(OC)c2)cc1. The van der Waals surface area contributed by atoms with E-state index in [9.17, 15) is 14.4 Å². The van der Waals surface area contributed by atoms with Gasteiger partial charge < -0.3 is 19.5 Å². The number of hydrogen-bond donors (Lipinski definition) is 1. The molecular formula is C19H19NO6. The molecule has 0 saturated heterocycles. The van der Waals surface area contributed by atoms with E-state index in [1.54, 1.807) is 48.5 Å². The number of carbonyl (C=O) groups is 3. The second-order valence-corrected chi connectivity index (χ2v) is 5.26. The number of methoxy groups -OCH3 is 2. The smallest absolute Gasteiger partial charge is 0.337 e. The van der Waals surface area contributed by atoms with E-state index in [-0.39, 0.29) is 13.2 Å². The van der Waals surface area contributed by atoms with Crippen LogP contribution in [0.3, 0.4) is 0 Å². The van der Waals surface area contributed by atoms with Crippen molar-refractivity contribution in [1.29, 1.82) is 0 Å². The predicted molar refractivity (Wildman–Crippen MR) is 92.9 cm³/mol. The quantitative estimate of drug-likeness (QED) is 0.762. The number of rotatable bonds is 7. The molecule has 0 aliphatic rings. The lowest BCUT2D eigenvalue weighted by Crippen LogP contribution is -2.30. The summed E-state index contributed by atoms with van der Waals surface area (Å²) in [5.41, 5.74) is 1.51. The lowest BCUT2D eigenvalue weighted by Gasteiger charge is -2.08. The molecule has 0 bridgehead atoms. The first kappa shape index (κ1) is 19.0. The van der Waals surface area contributed by atoms with Gasteiger partial charge in [-0.3, -0.25) is 9.59 Å². The zero-order valence-corrected chi connectivity index (χ0v) is 14.5.